The van der Waals surface area contributed by atoms with Crippen LogP contribution in [0.5, 0.6) is 0 Å². The van der Waals surface area contributed by atoms with Crippen molar-refractivity contribution in [2.24, 2.45) is 5.92 Å². The molecular formula is C25H31N5O3S. The van der Waals surface area contributed by atoms with Crippen molar-refractivity contribution in [1.29, 1.82) is 0 Å². The smallest absolute Gasteiger partial charge is 0.243 e. The van der Waals surface area contributed by atoms with Gasteiger partial charge in [-0.3, -0.25) is 9.59 Å². The van der Waals surface area contributed by atoms with Crippen LogP contribution >= 0.6 is 11.3 Å². The molecule has 180 valence electrons. The number of H-pyrrole nitrogens is 1. The lowest BCUT2D eigenvalue weighted by molar-refractivity contribution is -0.140. The topological polar surface area (TPSA) is 111 Å². The number of carbonyl (C=O) groups excluding carboxylic acids is 2. The van der Waals surface area contributed by atoms with Crippen molar-refractivity contribution in [3.05, 3.63) is 58.7 Å². The molecular weight excluding hydrogens is 450 g/mol. The second kappa shape index (κ2) is 10.1. The number of nitrogens with zero attached hydrogens (tertiary/aromatic N) is 3. The fourth-order valence-electron chi connectivity index (χ4n) is 4.45. The minimum Gasteiger partial charge on any atom is -0.391 e. The molecule has 1 saturated heterocycles. The summed E-state index contributed by atoms with van der Waals surface area (Å²) in [4.78, 5) is 41.0. The first-order valence-electron chi connectivity index (χ1n) is 11.5. The number of aromatic amines is 1. The number of thiazole rings is 1. The van der Waals surface area contributed by atoms with Crippen molar-refractivity contribution in [3.63, 3.8) is 0 Å². The molecule has 0 spiro atoms. The molecule has 1 fully saturated rings. The summed E-state index contributed by atoms with van der Waals surface area (Å²) < 4.78 is 0. The van der Waals surface area contributed by atoms with E-state index in [9.17, 15) is 14.7 Å². The highest BCUT2D eigenvalue weighted by molar-refractivity contribution is 7.13. The standard InChI is InChI=1S/C25H31N5O3S/c1-14(2)21(23-26-10-15(3)29-23)25(33)30-12-19(31)9-20(30)24(32)27-11-17-5-7-18(8-6-17)22-16(4)28-13-34-22/h5-8,10,13-14,19-21,31H,9,11-12H2,1-4H3,(H,26,29)(H,27,32)/t19-,20+,21?/m1/s1. The molecule has 3 aromatic rings. The van der Waals surface area contributed by atoms with Crippen molar-refractivity contribution in [2.45, 2.75) is 58.7 Å². The first kappa shape index (κ1) is 24.1. The number of aryl methyl sites for hydroxylation is 2. The Kier molecular flexibility index (Phi) is 7.13. The molecule has 4 rings (SSSR count). The van der Waals surface area contributed by atoms with Crippen molar-refractivity contribution in [1.82, 2.24) is 25.2 Å². The Morgan fingerprint density at radius 2 is 1.97 bits per heavy atom. The van der Waals surface area contributed by atoms with E-state index in [-0.39, 0.29) is 30.7 Å². The molecule has 3 heterocycles. The molecule has 2 aromatic heterocycles. The lowest BCUT2D eigenvalue weighted by atomic mass is 9.93. The predicted molar refractivity (Wildman–Crippen MR) is 131 cm³/mol. The SMILES string of the molecule is Cc1cnc(C(C(=O)N2C[C@H](O)C[C@H]2C(=O)NCc2ccc(-c3scnc3C)cc2)C(C)C)[nH]1. The van der Waals surface area contributed by atoms with Crippen LogP contribution in [0.2, 0.25) is 0 Å². The zero-order chi connectivity index (χ0) is 24.4. The van der Waals surface area contributed by atoms with Gasteiger partial charge in [-0.15, -0.1) is 11.3 Å². The number of amides is 2. The van der Waals surface area contributed by atoms with Gasteiger partial charge in [0.25, 0.3) is 0 Å². The molecule has 3 atom stereocenters. The van der Waals surface area contributed by atoms with E-state index in [0.29, 0.717) is 12.4 Å². The van der Waals surface area contributed by atoms with Gasteiger partial charge in [-0.25, -0.2) is 9.97 Å². The summed E-state index contributed by atoms with van der Waals surface area (Å²) in [7, 11) is 0. The Morgan fingerprint density at radius 1 is 1.24 bits per heavy atom. The lowest BCUT2D eigenvalue weighted by Gasteiger charge is -2.29. The second-order valence-electron chi connectivity index (χ2n) is 9.25. The number of hydrogen-bond donors (Lipinski definition) is 3. The fraction of sp³-hybridized carbons (Fsp3) is 0.440. The number of nitrogens with one attached hydrogen (secondary N) is 2. The van der Waals surface area contributed by atoms with Crippen LogP contribution in [-0.2, 0) is 16.1 Å². The summed E-state index contributed by atoms with van der Waals surface area (Å²) >= 11 is 1.60. The third kappa shape index (κ3) is 5.05. The van der Waals surface area contributed by atoms with Crippen LogP contribution in [-0.4, -0.2) is 55.5 Å². The van der Waals surface area contributed by atoms with Crippen LogP contribution in [0.4, 0.5) is 0 Å². The number of carbonyl (C=O) groups is 2. The minimum atomic E-state index is -0.729. The maximum atomic E-state index is 13.5. The van der Waals surface area contributed by atoms with Crippen LogP contribution in [0, 0.1) is 19.8 Å². The summed E-state index contributed by atoms with van der Waals surface area (Å²) in [6, 6.07) is 7.30. The highest BCUT2D eigenvalue weighted by Gasteiger charge is 2.42. The molecule has 1 aromatic carbocycles. The van der Waals surface area contributed by atoms with Gasteiger partial charge in [-0.2, -0.15) is 0 Å². The maximum Gasteiger partial charge on any atom is 0.243 e. The number of benzene rings is 1. The van der Waals surface area contributed by atoms with Crippen molar-refractivity contribution in [3.8, 4) is 10.4 Å². The lowest BCUT2D eigenvalue weighted by Crippen LogP contribution is -2.48. The Labute approximate surface area is 203 Å². The number of likely N-dealkylation sites (tertiary alicyclic amines) is 1. The van der Waals surface area contributed by atoms with Gasteiger partial charge < -0.3 is 20.3 Å². The first-order chi connectivity index (χ1) is 16.2. The van der Waals surface area contributed by atoms with Gasteiger partial charge in [0.1, 0.15) is 11.9 Å². The van der Waals surface area contributed by atoms with E-state index >= 15 is 0 Å². The van der Waals surface area contributed by atoms with E-state index in [0.717, 1.165) is 27.4 Å². The fourth-order valence-corrected chi connectivity index (χ4v) is 5.26. The number of aliphatic hydroxyl groups excluding tert-OH is 1. The van der Waals surface area contributed by atoms with Crippen LogP contribution < -0.4 is 5.32 Å². The van der Waals surface area contributed by atoms with Gasteiger partial charge in [-0.1, -0.05) is 38.1 Å². The van der Waals surface area contributed by atoms with Crippen molar-refractivity contribution < 1.29 is 14.7 Å². The van der Waals surface area contributed by atoms with E-state index in [1.165, 1.54) is 4.90 Å². The number of hydrogen-bond acceptors (Lipinski definition) is 6. The number of aliphatic hydroxyl groups is 1. The van der Waals surface area contributed by atoms with E-state index in [1.807, 2.05) is 57.5 Å². The predicted octanol–water partition coefficient (Wildman–Crippen LogP) is 3.17. The number of β-amino-alcohol motifs (C(OH)–C–C–N with tert-alkyl or cyclic N) is 1. The molecule has 0 bridgehead atoms. The Hall–Kier alpha value is -3.04. The van der Waals surface area contributed by atoms with E-state index in [2.05, 4.69) is 20.3 Å². The molecule has 1 aliphatic rings. The molecule has 9 heteroatoms. The Morgan fingerprint density at radius 3 is 2.56 bits per heavy atom. The quantitative estimate of drug-likeness (QED) is 0.480. The average molecular weight is 482 g/mol. The number of aromatic nitrogens is 3. The third-order valence-corrected chi connectivity index (χ3v) is 7.22. The largest absolute Gasteiger partial charge is 0.391 e. The zero-order valence-corrected chi connectivity index (χ0v) is 20.7. The van der Waals surface area contributed by atoms with Gasteiger partial charge in [0.2, 0.25) is 11.8 Å². The molecule has 0 radical (unpaired) electrons. The molecule has 3 N–H and O–H groups in total. The highest BCUT2D eigenvalue weighted by Crippen LogP contribution is 2.30. The average Bonchev–Trinajstić information content (AvgIpc) is 3.52. The van der Waals surface area contributed by atoms with Gasteiger partial charge >= 0.3 is 0 Å². The second-order valence-corrected chi connectivity index (χ2v) is 10.1. The van der Waals surface area contributed by atoms with Crippen molar-refractivity contribution >= 4 is 23.2 Å². The number of imidazole rings is 1. The summed E-state index contributed by atoms with van der Waals surface area (Å²) in [6.07, 6.45) is 1.19. The molecule has 1 unspecified atom stereocenters. The maximum absolute atomic E-state index is 13.5. The molecule has 8 nitrogen and oxygen atoms in total. The third-order valence-electron chi connectivity index (χ3n) is 6.24. The monoisotopic (exact) mass is 481 g/mol. The first-order valence-corrected chi connectivity index (χ1v) is 12.4. The summed E-state index contributed by atoms with van der Waals surface area (Å²) in [5.74, 6) is -0.373. The van der Waals surface area contributed by atoms with E-state index in [4.69, 9.17) is 0 Å². The summed E-state index contributed by atoms with van der Waals surface area (Å²) in [5, 5.41) is 13.2. The zero-order valence-electron chi connectivity index (χ0n) is 19.9. The minimum absolute atomic E-state index is 0.0137. The summed E-state index contributed by atoms with van der Waals surface area (Å²) in [5.41, 5.74) is 5.76. The van der Waals surface area contributed by atoms with Crippen LogP contribution in [0.15, 0.2) is 36.0 Å². The van der Waals surface area contributed by atoms with E-state index < -0.39 is 18.1 Å². The molecule has 2 amide bonds. The van der Waals surface area contributed by atoms with Crippen LogP contribution in [0.25, 0.3) is 10.4 Å². The van der Waals surface area contributed by atoms with Gasteiger partial charge in [0.05, 0.1) is 28.1 Å². The van der Waals surface area contributed by atoms with Crippen LogP contribution in [0.3, 0.4) is 0 Å². The molecule has 0 saturated carbocycles. The number of rotatable bonds is 7. The van der Waals surface area contributed by atoms with Crippen LogP contribution in [0.1, 0.15) is 49.0 Å². The highest BCUT2D eigenvalue weighted by atomic mass is 32.1. The van der Waals surface area contributed by atoms with Crippen molar-refractivity contribution in [2.75, 3.05) is 6.54 Å². The van der Waals surface area contributed by atoms with Gasteiger partial charge in [0.15, 0.2) is 0 Å². The normalized spacial score (nSPS) is 18.9. The van der Waals surface area contributed by atoms with Gasteiger partial charge in [0, 0.05) is 31.4 Å². The summed E-state index contributed by atoms with van der Waals surface area (Å²) in [6.45, 7) is 8.28. The molecule has 1 aliphatic heterocycles. The van der Waals surface area contributed by atoms with Gasteiger partial charge in [-0.05, 0) is 30.9 Å². The Balaban J connectivity index is 1.43. The molecule has 0 aliphatic carbocycles. The molecule has 34 heavy (non-hydrogen) atoms. The Bertz CT molecular complexity index is 1150. The van der Waals surface area contributed by atoms with E-state index in [1.54, 1.807) is 17.5 Å².